The molecule has 6 nitrogen and oxygen atoms in total. The number of carbonyl (C=O) groups excluding carboxylic acids is 1. The van der Waals surface area contributed by atoms with Gasteiger partial charge in [-0.05, 0) is 67.4 Å². The minimum Gasteiger partial charge on any atom is -0.496 e. The maximum atomic E-state index is 13.3. The summed E-state index contributed by atoms with van der Waals surface area (Å²) >= 11 is 0. The monoisotopic (exact) mass is 472 g/mol. The smallest absolute Gasteiger partial charge is 0.255 e. The Labute approximate surface area is 206 Å². The van der Waals surface area contributed by atoms with Gasteiger partial charge in [-0.25, -0.2) is 0 Å². The van der Waals surface area contributed by atoms with Gasteiger partial charge in [0.05, 0.1) is 31.1 Å². The molecule has 6 heteroatoms. The minimum absolute atomic E-state index is 0.134. The number of benzene rings is 2. The van der Waals surface area contributed by atoms with Crippen LogP contribution in [0, 0.1) is 0 Å². The molecule has 182 valence electrons. The first-order valence-electron chi connectivity index (χ1n) is 12.1. The first kappa shape index (κ1) is 23.4. The van der Waals surface area contributed by atoms with Crippen molar-refractivity contribution in [3.63, 3.8) is 0 Å². The van der Waals surface area contributed by atoms with Gasteiger partial charge in [0, 0.05) is 19.1 Å². The van der Waals surface area contributed by atoms with Gasteiger partial charge in [-0.3, -0.25) is 9.69 Å². The maximum Gasteiger partial charge on any atom is 0.255 e. The number of carbonyl (C=O) groups is 1. The fourth-order valence-corrected chi connectivity index (χ4v) is 5.82. The van der Waals surface area contributed by atoms with Crippen LogP contribution in [-0.4, -0.2) is 50.8 Å². The lowest BCUT2D eigenvalue weighted by molar-refractivity contribution is -0.00976. The molecular formula is C29H32N2O4. The van der Waals surface area contributed by atoms with Gasteiger partial charge in [0.1, 0.15) is 11.5 Å². The number of nitrogens with one attached hydrogen (secondary N) is 1. The van der Waals surface area contributed by atoms with E-state index in [0.717, 1.165) is 43.8 Å². The highest BCUT2D eigenvalue weighted by Crippen LogP contribution is 2.52. The van der Waals surface area contributed by atoms with Gasteiger partial charge in [-0.1, -0.05) is 42.5 Å². The summed E-state index contributed by atoms with van der Waals surface area (Å²) < 4.78 is 17.0. The summed E-state index contributed by atoms with van der Waals surface area (Å²) in [5.74, 6) is 1.29. The Morgan fingerprint density at radius 3 is 2.60 bits per heavy atom. The van der Waals surface area contributed by atoms with Crippen LogP contribution in [0.3, 0.4) is 0 Å². The highest BCUT2D eigenvalue weighted by atomic mass is 16.5. The van der Waals surface area contributed by atoms with E-state index in [1.807, 2.05) is 42.5 Å². The lowest BCUT2D eigenvalue weighted by Gasteiger charge is -2.44. The number of piperidine rings is 1. The average molecular weight is 473 g/mol. The van der Waals surface area contributed by atoms with Crippen molar-refractivity contribution >= 4 is 12.0 Å². The van der Waals surface area contributed by atoms with E-state index in [9.17, 15) is 4.79 Å². The van der Waals surface area contributed by atoms with Crippen LogP contribution in [0.1, 0.15) is 46.1 Å². The fourth-order valence-electron chi connectivity index (χ4n) is 5.82. The summed E-state index contributed by atoms with van der Waals surface area (Å²) in [5.41, 5.74) is 2.84. The predicted octanol–water partition coefficient (Wildman–Crippen LogP) is 4.83. The number of nitrogens with zero attached hydrogens (tertiary/aromatic N) is 1. The van der Waals surface area contributed by atoms with Crippen LogP contribution in [0.4, 0.5) is 0 Å². The standard InChI is InChI=1S/C29H32N2O4/c1-33-25-14-6-4-12-23(25)28(32)30-26-22-11-3-5-13-24(22)29(27(26)34-2)15-18-31(19-16-29)17-7-9-21-10-8-20-35-21/h3-14,20,26-27H,15-19H2,1-2H3,(H,30,32)/t26-,27+/m1/s1. The molecule has 1 aliphatic carbocycles. The predicted molar refractivity (Wildman–Crippen MR) is 136 cm³/mol. The second kappa shape index (κ2) is 10.1. The minimum atomic E-state index is -0.223. The molecule has 35 heavy (non-hydrogen) atoms. The molecule has 2 aliphatic rings. The number of fused-ring (bicyclic) bond motifs is 2. The van der Waals surface area contributed by atoms with E-state index in [2.05, 4.69) is 34.5 Å². The molecule has 1 spiro atoms. The normalized spacial score (nSPS) is 21.3. The average Bonchev–Trinajstić information content (AvgIpc) is 3.50. The van der Waals surface area contributed by atoms with Crippen molar-refractivity contribution in [3.05, 3.63) is 95.5 Å². The van der Waals surface area contributed by atoms with Crippen molar-refractivity contribution in [2.24, 2.45) is 0 Å². The molecule has 1 fully saturated rings. The van der Waals surface area contributed by atoms with E-state index in [1.165, 1.54) is 5.56 Å². The van der Waals surface area contributed by atoms with Gasteiger partial charge in [0.15, 0.2) is 0 Å². The van der Waals surface area contributed by atoms with Crippen LogP contribution in [-0.2, 0) is 10.2 Å². The summed E-state index contributed by atoms with van der Waals surface area (Å²) in [6.07, 6.45) is 7.67. The Hall–Kier alpha value is -3.35. The second-order valence-electron chi connectivity index (χ2n) is 9.27. The Morgan fingerprint density at radius 2 is 1.86 bits per heavy atom. The van der Waals surface area contributed by atoms with E-state index < -0.39 is 0 Å². The third kappa shape index (κ3) is 4.40. The number of para-hydroxylation sites is 1. The number of likely N-dealkylation sites (tertiary alicyclic amines) is 1. The summed E-state index contributed by atoms with van der Waals surface area (Å²) in [7, 11) is 3.35. The highest BCUT2D eigenvalue weighted by Gasteiger charge is 2.53. The van der Waals surface area contributed by atoms with Gasteiger partial charge in [0.25, 0.3) is 5.91 Å². The number of hydrogen-bond donors (Lipinski definition) is 1. The number of methoxy groups -OCH3 is 2. The molecule has 3 aromatic rings. The van der Waals surface area contributed by atoms with E-state index in [4.69, 9.17) is 13.9 Å². The molecule has 2 atom stereocenters. The van der Waals surface area contributed by atoms with Gasteiger partial charge < -0.3 is 19.2 Å². The molecule has 0 bridgehead atoms. The molecule has 1 saturated heterocycles. The van der Waals surface area contributed by atoms with Gasteiger partial charge in [0.2, 0.25) is 0 Å². The van der Waals surface area contributed by atoms with Crippen LogP contribution in [0.15, 0.2) is 77.4 Å². The molecule has 1 aromatic heterocycles. The topological polar surface area (TPSA) is 63.9 Å². The molecule has 0 radical (unpaired) electrons. The zero-order chi connectivity index (χ0) is 24.3. The summed E-state index contributed by atoms with van der Waals surface area (Å²) in [5, 5.41) is 3.28. The number of amides is 1. The SMILES string of the molecule is COc1ccccc1C(=O)N[C@@H]1c2ccccc2C2(CCN(CC=Cc3ccco3)CC2)[C@H]1OC. The molecule has 2 heterocycles. The van der Waals surface area contributed by atoms with Crippen LogP contribution in [0.25, 0.3) is 6.08 Å². The Balaban J connectivity index is 1.35. The lowest BCUT2D eigenvalue weighted by Crippen LogP contribution is -2.50. The van der Waals surface area contributed by atoms with Crippen molar-refractivity contribution in [1.29, 1.82) is 0 Å². The van der Waals surface area contributed by atoms with Crippen molar-refractivity contribution in [3.8, 4) is 5.75 Å². The maximum absolute atomic E-state index is 13.3. The largest absolute Gasteiger partial charge is 0.496 e. The van der Waals surface area contributed by atoms with Crippen LogP contribution >= 0.6 is 0 Å². The van der Waals surface area contributed by atoms with E-state index in [0.29, 0.717) is 11.3 Å². The van der Waals surface area contributed by atoms with Crippen molar-refractivity contribution in [2.75, 3.05) is 33.9 Å². The number of ether oxygens (including phenoxy) is 2. The first-order chi connectivity index (χ1) is 17.2. The molecule has 0 unspecified atom stereocenters. The van der Waals surface area contributed by atoms with Gasteiger partial charge in [-0.2, -0.15) is 0 Å². The number of rotatable bonds is 7. The molecule has 5 rings (SSSR count). The third-order valence-electron chi connectivity index (χ3n) is 7.51. The lowest BCUT2D eigenvalue weighted by atomic mass is 9.72. The van der Waals surface area contributed by atoms with E-state index >= 15 is 0 Å². The second-order valence-corrected chi connectivity index (χ2v) is 9.27. The van der Waals surface area contributed by atoms with E-state index in [1.54, 1.807) is 26.5 Å². The summed E-state index contributed by atoms with van der Waals surface area (Å²) in [6, 6.07) is 19.4. The Morgan fingerprint density at radius 1 is 1.09 bits per heavy atom. The number of hydrogen-bond acceptors (Lipinski definition) is 5. The number of furan rings is 1. The quantitative estimate of drug-likeness (QED) is 0.533. The van der Waals surface area contributed by atoms with E-state index in [-0.39, 0.29) is 23.5 Å². The molecular weight excluding hydrogens is 440 g/mol. The summed E-state index contributed by atoms with van der Waals surface area (Å²) in [6.45, 7) is 2.80. The third-order valence-corrected chi connectivity index (χ3v) is 7.51. The van der Waals surface area contributed by atoms with Crippen LogP contribution in [0.5, 0.6) is 5.75 Å². The fraction of sp³-hybridized carbons (Fsp3) is 0.345. The van der Waals surface area contributed by atoms with Crippen molar-refractivity contribution in [2.45, 2.75) is 30.4 Å². The Bertz CT molecular complexity index is 1180. The zero-order valence-corrected chi connectivity index (χ0v) is 20.3. The zero-order valence-electron chi connectivity index (χ0n) is 20.3. The highest BCUT2D eigenvalue weighted by molar-refractivity contribution is 5.97. The molecule has 0 saturated carbocycles. The van der Waals surface area contributed by atoms with Crippen LogP contribution < -0.4 is 10.1 Å². The molecule has 1 amide bonds. The van der Waals surface area contributed by atoms with Gasteiger partial charge >= 0.3 is 0 Å². The molecule has 1 N–H and O–H groups in total. The van der Waals surface area contributed by atoms with Gasteiger partial charge in [-0.15, -0.1) is 0 Å². The van der Waals surface area contributed by atoms with Crippen molar-refractivity contribution in [1.82, 2.24) is 10.2 Å². The molecule has 2 aromatic carbocycles. The van der Waals surface area contributed by atoms with Crippen molar-refractivity contribution < 1.29 is 18.7 Å². The van der Waals surface area contributed by atoms with Crippen LogP contribution in [0.2, 0.25) is 0 Å². The Kier molecular flexibility index (Phi) is 6.75. The molecule has 1 aliphatic heterocycles. The first-order valence-corrected chi connectivity index (χ1v) is 12.1. The summed E-state index contributed by atoms with van der Waals surface area (Å²) in [4.78, 5) is 15.8.